The average Bonchev–Trinajstić information content (AvgIpc) is 2.35. The molecule has 1 aromatic rings. The van der Waals surface area contributed by atoms with E-state index in [4.69, 9.17) is 0 Å². The maximum atomic E-state index is 11.3. The first-order valence-corrected chi connectivity index (χ1v) is 6.03. The normalized spacial score (nSPS) is 12.5. The summed E-state index contributed by atoms with van der Waals surface area (Å²) in [6, 6.07) is 6.07. The van der Waals surface area contributed by atoms with Crippen LogP contribution >= 0.6 is 0 Å². The third kappa shape index (κ3) is 4.95. The fourth-order valence-corrected chi connectivity index (χ4v) is 1.42. The molecule has 1 rings (SSSR count). The molecule has 0 fully saturated rings. The van der Waals surface area contributed by atoms with Gasteiger partial charge in [0, 0.05) is 31.2 Å². The molecular weight excluding hydrogens is 214 g/mol. The van der Waals surface area contributed by atoms with E-state index >= 15 is 0 Å². The third-order valence-electron chi connectivity index (χ3n) is 2.53. The largest absolute Gasteiger partial charge is 0.355 e. The van der Waals surface area contributed by atoms with E-state index in [1.165, 1.54) is 0 Å². The van der Waals surface area contributed by atoms with Crippen LogP contribution in [-0.2, 0) is 4.79 Å². The van der Waals surface area contributed by atoms with E-state index in [2.05, 4.69) is 22.5 Å². The first kappa shape index (κ1) is 13.6. The van der Waals surface area contributed by atoms with Gasteiger partial charge >= 0.3 is 0 Å². The summed E-state index contributed by atoms with van der Waals surface area (Å²) >= 11 is 0. The van der Waals surface area contributed by atoms with E-state index in [-0.39, 0.29) is 17.9 Å². The molecule has 0 aliphatic rings. The molecule has 0 bridgehead atoms. The topological polar surface area (TPSA) is 54.0 Å². The fourth-order valence-electron chi connectivity index (χ4n) is 1.42. The van der Waals surface area contributed by atoms with Crippen LogP contribution in [0.4, 0.5) is 0 Å². The number of hydrogen-bond acceptors (Lipinski definition) is 3. The van der Waals surface area contributed by atoms with Crippen molar-refractivity contribution in [2.45, 2.75) is 26.8 Å². The summed E-state index contributed by atoms with van der Waals surface area (Å²) in [6.07, 6.45) is 1.79. The lowest BCUT2D eigenvalue weighted by molar-refractivity contribution is -0.123. The molecule has 17 heavy (non-hydrogen) atoms. The molecule has 1 atom stereocenters. The number of carbonyl (C=O) groups excluding carboxylic acids is 1. The highest BCUT2D eigenvalue weighted by Crippen LogP contribution is 2.06. The van der Waals surface area contributed by atoms with Crippen molar-refractivity contribution in [2.75, 3.05) is 13.1 Å². The van der Waals surface area contributed by atoms with Crippen LogP contribution in [0.5, 0.6) is 0 Å². The molecule has 1 heterocycles. The summed E-state index contributed by atoms with van der Waals surface area (Å²) in [5.41, 5.74) is 1.02. The molecule has 0 aromatic carbocycles. The van der Waals surface area contributed by atoms with Crippen molar-refractivity contribution in [3.63, 3.8) is 0 Å². The smallest absolute Gasteiger partial charge is 0.222 e. The molecule has 1 amide bonds. The van der Waals surface area contributed by atoms with Gasteiger partial charge in [0.1, 0.15) is 0 Å². The zero-order valence-corrected chi connectivity index (χ0v) is 10.7. The number of nitrogens with one attached hydrogen (secondary N) is 2. The van der Waals surface area contributed by atoms with E-state index in [1.54, 1.807) is 6.20 Å². The van der Waals surface area contributed by atoms with Gasteiger partial charge < -0.3 is 10.6 Å². The van der Waals surface area contributed by atoms with E-state index in [1.807, 2.05) is 32.0 Å². The second kappa shape index (κ2) is 7.01. The van der Waals surface area contributed by atoms with Gasteiger partial charge in [0.25, 0.3) is 0 Å². The van der Waals surface area contributed by atoms with Gasteiger partial charge in [-0.25, -0.2) is 0 Å². The number of pyridine rings is 1. The van der Waals surface area contributed by atoms with E-state index in [0.717, 1.165) is 12.2 Å². The minimum absolute atomic E-state index is 0.0446. The molecule has 2 N–H and O–H groups in total. The highest BCUT2D eigenvalue weighted by atomic mass is 16.1. The Hall–Kier alpha value is -1.42. The molecule has 1 aromatic heterocycles. The first-order valence-electron chi connectivity index (χ1n) is 6.03. The van der Waals surface area contributed by atoms with Crippen LogP contribution in [0.1, 0.15) is 32.5 Å². The predicted molar refractivity (Wildman–Crippen MR) is 68.5 cm³/mol. The zero-order chi connectivity index (χ0) is 12.7. The molecule has 0 saturated carbocycles. The Morgan fingerprint density at radius 1 is 1.29 bits per heavy atom. The summed E-state index contributed by atoms with van der Waals surface area (Å²) < 4.78 is 0. The molecule has 4 heteroatoms. The quantitative estimate of drug-likeness (QED) is 0.735. The van der Waals surface area contributed by atoms with Gasteiger partial charge in [-0.05, 0) is 19.1 Å². The molecular formula is C13H21N3O. The molecule has 4 nitrogen and oxygen atoms in total. The van der Waals surface area contributed by atoms with E-state index in [9.17, 15) is 4.79 Å². The van der Waals surface area contributed by atoms with Crippen LogP contribution < -0.4 is 10.6 Å². The lowest BCUT2D eigenvalue weighted by Gasteiger charge is -2.14. The van der Waals surface area contributed by atoms with Crippen LogP contribution in [0.25, 0.3) is 0 Å². The van der Waals surface area contributed by atoms with Crippen molar-refractivity contribution in [1.29, 1.82) is 0 Å². The number of aromatic nitrogens is 1. The molecule has 0 spiro atoms. The molecule has 94 valence electrons. The SMILES string of the molecule is CC(C)C(=O)NCCNC(C)c1ccccn1. The lowest BCUT2D eigenvalue weighted by Crippen LogP contribution is -2.35. The van der Waals surface area contributed by atoms with Gasteiger partial charge in [-0.2, -0.15) is 0 Å². The van der Waals surface area contributed by atoms with E-state index in [0.29, 0.717) is 6.54 Å². The van der Waals surface area contributed by atoms with Crippen molar-refractivity contribution >= 4 is 5.91 Å². The van der Waals surface area contributed by atoms with Crippen molar-refractivity contribution in [1.82, 2.24) is 15.6 Å². The van der Waals surface area contributed by atoms with Gasteiger partial charge in [-0.3, -0.25) is 9.78 Å². The monoisotopic (exact) mass is 235 g/mol. The lowest BCUT2D eigenvalue weighted by atomic mass is 10.2. The van der Waals surface area contributed by atoms with E-state index < -0.39 is 0 Å². The standard InChI is InChI=1S/C13H21N3O/c1-10(2)13(17)16-9-8-14-11(3)12-6-4-5-7-15-12/h4-7,10-11,14H,8-9H2,1-3H3,(H,16,17). The van der Waals surface area contributed by atoms with Gasteiger partial charge in [0.05, 0.1) is 5.69 Å². The molecule has 0 saturated heterocycles. The fraction of sp³-hybridized carbons (Fsp3) is 0.538. The predicted octanol–water partition coefficient (Wildman–Crippen LogP) is 1.50. The maximum Gasteiger partial charge on any atom is 0.222 e. The van der Waals surface area contributed by atoms with Crippen LogP contribution in [0.3, 0.4) is 0 Å². The van der Waals surface area contributed by atoms with Gasteiger partial charge in [-0.15, -0.1) is 0 Å². The average molecular weight is 235 g/mol. The first-order chi connectivity index (χ1) is 8.11. The maximum absolute atomic E-state index is 11.3. The minimum Gasteiger partial charge on any atom is -0.355 e. The molecule has 0 aliphatic carbocycles. The van der Waals surface area contributed by atoms with Crippen LogP contribution in [-0.4, -0.2) is 24.0 Å². The number of carbonyl (C=O) groups is 1. The molecule has 0 radical (unpaired) electrons. The van der Waals surface area contributed by atoms with Gasteiger partial charge in [-0.1, -0.05) is 19.9 Å². The zero-order valence-electron chi connectivity index (χ0n) is 10.7. The highest BCUT2D eigenvalue weighted by Gasteiger charge is 2.07. The summed E-state index contributed by atoms with van der Waals surface area (Å²) in [5, 5.41) is 6.18. The van der Waals surface area contributed by atoms with Crippen molar-refractivity contribution in [3.8, 4) is 0 Å². The van der Waals surface area contributed by atoms with Crippen molar-refractivity contribution < 1.29 is 4.79 Å². The molecule has 0 aliphatic heterocycles. The third-order valence-corrected chi connectivity index (χ3v) is 2.53. The highest BCUT2D eigenvalue weighted by molar-refractivity contribution is 5.77. The Bertz CT molecular complexity index is 338. The Balaban J connectivity index is 2.21. The second-order valence-electron chi connectivity index (χ2n) is 4.38. The van der Waals surface area contributed by atoms with Crippen molar-refractivity contribution in [3.05, 3.63) is 30.1 Å². The summed E-state index contributed by atoms with van der Waals surface area (Å²) in [6.45, 7) is 7.23. The Morgan fingerprint density at radius 3 is 2.65 bits per heavy atom. The number of nitrogens with zero attached hydrogens (tertiary/aromatic N) is 1. The van der Waals surface area contributed by atoms with Crippen LogP contribution in [0.15, 0.2) is 24.4 Å². The van der Waals surface area contributed by atoms with Crippen LogP contribution in [0.2, 0.25) is 0 Å². The van der Waals surface area contributed by atoms with Gasteiger partial charge in [0.2, 0.25) is 5.91 Å². The number of rotatable bonds is 6. The Labute approximate surface area is 103 Å². The summed E-state index contributed by atoms with van der Waals surface area (Å²) in [4.78, 5) is 15.6. The second-order valence-corrected chi connectivity index (χ2v) is 4.38. The van der Waals surface area contributed by atoms with Gasteiger partial charge in [0.15, 0.2) is 0 Å². The summed E-state index contributed by atoms with van der Waals surface area (Å²) in [5.74, 6) is 0.139. The Kier molecular flexibility index (Phi) is 5.63. The number of amides is 1. The number of hydrogen-bond donors (Lipinski definition) is 2. The van der Waals surface area contributed by atoms with Crippen LogP contribution in [0, 0.1) is 5.92 Å². The summed E-state index contributed by atoms with van der Waals surface area (Å²) in [7, 11) is 0. The van der Waals surface area contributed by atoms with Crippen molar-refractivity contribution in [2.24, 2.45) is 5.92 Å². The minimum atomic E-state index is 0.0446. The molecule has 1 unspecified atom stereocenters. The Morgan fingerprint density at radius 2 is 2.06 bits per heavy atom.